The van der Waals surface area contributed by atoms with Crippen molar-refractivity contribution < 1.29 is 17.9 Å². The van der Waals surface area contributed by atoms with Crippen LogP contribution in [0.1, 0.15) is 27.5 Å². The molecule has 1 N–H and O–H groups in total. The number of rotatable bonds is 6. The Bertz CT molecular complexity index is 971. The number of carbonyl (C=O) groups is 1. The minimum Gasteiger partial charge on any atom is -0.379 e. The smallest absolute Gasteiger partial charge is 0.251 e. The second kappa shape index (κ2) is 9.26. The van der Waals surface area contributed by atoms with E-state index in [1.165, 1.54) is 23.8 Å². The van der Waals surface area contributed by atoms with Gasteiger partial charge in [-0.05, 0) is 30.7 Å². The molecule has 1 amide bonds. The standard InChI is InChI=1S/C21H25ClN2O4S/c1-15-3-5-16(6-4-15)19(24-9-11-28-12-10-24)14-23-21(25)17-7-8-18(22)20(13-17)29(2,26)27/h3-8,13,19H,9-12,14H2,1-2H3,(H,23,25). The first-order chi connectivity index (χ1) is 13.8. The van der Waals surface area contributed by atoms with Gasteiger partial charge in [-0.25, -0.2) is 8.42 Å². The predicted octanol–water partition coefficient (Wildman–Crippen LogP) is 2.86. The lowest BCUT2D eigenvalue weighted by Gasteiger charge is -2.35. The number of nitrogens with zero attached hydrogens (tertiary/aromatic N) is 1. The molecular weight excluding hydrogens is 412 g/mol. The number of hydrogen-bond donors (Lipinski definition) is 1. The number of sulfone groups is 1. The highest BCUT2D eigenvalue weighted by Crippen LogP contribution is 2.24. The van der Waals surface area contributed by atoms with E-state index >= 15 is 0 Å². The van der Waals surface area contributed by atoms with E-state index in [0.29, 0.717) is 19.8 Å². The third kappa shape index (κ3) is 5.57. The summed E-state index contributed by atoms with van der Waals surface area (Å²) in [5.41, 5.74) is 2.55. The Hall–Kier alpha value is -1.93. The molecule has 1 aliphatic rings. The van der Waals surface area contributed by atoms with E-state index in [4.69, 9.17) is 16.3 Å². The highest BCUT2D eigenvalue weighted by molar-refractivity contribution is 7.90. The van der Waals surface area contributed by atoms with Crippen LogP contribution in [0.4, 0.5) is 0 Å². The van der Waals surface area contributed by atoms with Crippen molar-refractivity contribution in [2.45, 2.75) is 17.9 Å². The lowest BCUT2D eigenvalue weighted by Crippen LogP contribution is -2.43. The fraction of sp³-hybridized carbons (Fsp3) is 0.381. The third-order valence-corrected chi connectivity index (χ3v) is 6.58. The first-order valence-corrected chi connectivity index (χ1v) is 11.7. The average molecular weight is 437 g/mol. The minimum atomic E-state index is -3.52. The number of morpholine rings is 1. The molecule has 3 rings (SSSR count). The number of halogens is 1. The van der Waals surface area contributed by atoms with Gasteiger partial charge in [-0.2, -0.15) is 0 Å². The molecule has 0 saturated carbocycles. The van der Waals surface area contributed by atoms with Crippen LogP contribution in [0, 0.1) is 6.92 Å². The fourth-order valence-electron chi connectivity index (χ4n) is 3.36. The van der Waals surface area contributed by atoms with Crippen molar-refractivity contribution in [3.8, 4) is 0 Å². The van der Waals surface area contributed by atoms with Crippen LogP contribution in [0.5, 0.6) is 0 Å². The first kappa shape index (κ1) is 21.8. The van der Waals surface area contributed by atoms with Gasteiger partial charge in [0.25, 0.3) is 5.91 Å². The molecule has 0 spiro atoms. The van der Waals surface area contributed by atoms with Gasteiger partial charge in [0.2, 0.25) is 0 Å². The monoisotopic (exact) mass is 436 g/mol. The Labute approximate surface area is 176 Å². The summed E-state index contributed by atoms with van der Waals surface area (Å²) in [5.74, 6) is -0.336. The van der Waals surface area contributed by atoms with Crippen LogP contribution >= 0.6 is 11.6 Å². The van der Waals surface area contributed by atoms with Gasteiger partial charge in [0, 0.05) is 31.5 Å². The summed E-state index contributed by atoms with van der Waals surface area (Å²) in [6.07, 6.45) is 1.07. The zero-order valence-electron chi connectivity index (χ0n) is 16.5. The van der Waals surface area contributed by atoms with Crippen molar-refractivity contribution in [3.63, 3.8) is 0 Å². The van der Waals surface area contributed by atoms with E-state index in [1.807, 2.05) is 6.92 Å². The Morgan fingerprint density at radius 1 is 1.17 bits per heavy atom. The second-order valence-electron chi connectivity index (χ2n) is 7.20. The molecule has 156 valence electrons. The van der Waals surface area contributed by atoms with E-state index in [9.17, 15) is 13.2 Å². The van der Waals surface area contributed by atoms with Crippen LogP contribution in [0.3, 0.4) is 0 Å². The van der Waals surface area contributed by atoms with Crippen LogP contribution in [0.15, 0.2) is 47.4 Å². The minimum absolute atomic E-state index is 0.00475. The molecule has 0 bridgehead atoms. The molecule has 1 fully saturated rings. The molecular formula is C21H25ClN2O4S. The maximum atomic E-state index is 12.7. The van der Waals surface area contributed by atoms with Gasteiger partial charge in [0.1, 0.15) is 0 Å². The zero-order chi connectivity index (χ0) is 21.0. The Kier molecular flexibility index (Phi) is 6.95. The number of hydrogen-bond acceptors (Lipinski definition) is 5. The summed E-state index contributed by atoms with van der Waals surface area (Å²) < 4.78 is 29.2. The average Bonchev–Trinajstić information content (AvgIpc) is 2.69. The maximum Gasteiger partial charge on any atom is 0.251 e. The number of nitrogens with one attached hydrogen (secondary N) is 1. The summed E-state index contributed by atoms with van der Waals surface area (Å²) in [4.78, 5) is 15.0. The highest BCUT2D eigenvalue weighted by Gasteiger charge is 2.24. The number of amides is 1. The van der Waals surface area contributed by atoms with Gasteiger partial charge in [-0.3, -0.25) is 9.69 Å². The molecule has 8 heteroatoms. The fourth-order valence-corrected chi connectivity index (χ4v) is 4.66. The molecule has 1 unspecified atom stereocenters. The molecule has 0 aliphatic carbocycles. The Balaban J connectivity index is 1.78. The predicted molar refractivity (Wildman–Crippen MR) is 113 cm³/mol. The largest absolute Gasteiger partial charge is 0.379 e. The molecule has 1 heterocycles. The highest BCUT2D eigenvalue weighted by atomic mass is 35.5. The summed E-state index contributed by atoms with van der Waals surface area (Å²) in [6.45, 7) is 5.32. The van der Waals surface area contributed by atoms with E-state index < -0.39 is 9.84 Å². The van der Waals surface area contributed by atoms with Crippen molar-refractivity contribution in [1.82, 2.24) is 10.2 Å². The molecule has 29 heavy (non-hydrogen) atoms. The van der Waals surface area contributed by atoms with Crippen molar-refractivity contribution in [2.24, 2.45) is 0 Å². The first-order valence-electron chi connectivity index (χ1n) is 9.42. The maximum absolute atomic E-state index is 12.7. The molecule has 2 aromatic rings. The lowest BCUT2D eigenvalue weighted by molar-refractivity contribution is 0.0162. The molecule has 6 nitrogen and oxygen atoms in total. The number of ether oxygens (including phenoxy) is 1. The summed E-state index contributed by atoms with van der Waals surface area (Å²) in [6, 6.07) is 12.6. The van der Waals surface area contributed by atoms with Crippen LogP contribution < -0.4 is 5.32 Å². The van der Waals surface area contributed by atoms with Gasteiger partial charge < -0.3 is 10.1 Å². The van der Waals surface area contributed by atoms with Gasteiger partial charge in [0.05, 0.1) is 29.2 Å². The van der Waals surface area contributed by atoms with Gasteiger partial charge in [-0.1, -0.05) is 41.4 Å². The molecule has 1 aliphatic heterocycles. The van der Waals surface area contributed by atoms with Crippen LogP contribution in [-0.4, -0.2) is 58.3 Å². The topological polar surface area (TPSA) is 75.7 Å². The summed E-state index contributed by atoms with van der Waals surface area (Å²) in [5, 5.41) is 3.05. The van der Waals surface area contributed by atoms with Crippen LogP contribution in [-0.2, 0) is 14.6 Å². The summed E-state index contributed by atoms with van der Waals surface area (Å²) in [7, 11) is -3.52. The SMILES string of the molecule is Cc1ccc(C(CNC(=O)c2ccc(Cl)c(S(C)(=O)=O)c2)N2CCOCC2)cc1. The van der Waals surface area contributed by atoms with E-state index in [2.05, 4.69) is 34.5 Å². The van der Waals surface area contributed by atoms with Crippen molar-refractivity contribution in [3.05, 3.63) is 64.2 Å². The zero-order valence-corrected chi connectivity index (χ0v) is 18.1. The van der Waals surface area contributed by atoms with E-state index in [0.717, 1.165) is 24.9 Å². The quantitative estimate of drug-likeness (QED) is 0.753. The van der Waals surface area contributed by atoms with Gasteiger partial charge >= 0.3 is 0 Å². The Morgan fingerprint density at radius 3 is 2.45 bits per heavy atom. The Morgan fingerprint density at radius 2 is 1.83 bits per heavy atom. The van der Waals surface area contributed by atoms with Crippen molar-refractivity contribution >= 4 is 27.3 Å². The normalized spacial score (nSPS) is 16.4. The molecule has 0 aromatic heterocycles. The van der Waals surface area contributed by atoms with Crippen LogP contribution in [0.2, 0.25) is 5.02 Å². The molecule has 1 saturated heterocycles. The molecule has 0 radical (unpaired) electrons. The third-order valence-electron chi connectivity index (χ3n) is 5.00. The number of aryl methyl sites for hydroxylation is 1. The van der Waals surface area contributed by atoms with Gasteiger partial charge in [0.15, 0.2) is 9.84 Å². The lowest BCUT2D eigenvalue weighted by atomic mass is 10.0. The van der Waals surface area contributed by atoms with E-state index in [-0.39, 0.29) is 27.4 Å². The van der Waals surface area contributed by atoms with Crippen molar-refractivity contribution in [2.75, 3.05) is 39.1 Å². The van der Waals surface area contributed by atoms with Crippen LogP contribution in [0.25, 0.3) is 0 Å². The second-order valence-corrected chi connectivity index (χ2v) is 9.59. The molecule has 2 aromatic carbocycles. The van der Waals surface area contributed by atoms with Crippen molar-refractivity contribution in [1.29, 1.82) is 0 Å². The van der Waals surface area contributed by atoms with E-state index in [1.54, 1.807) is 0 Å². The van der Waals surface area contributed by atoms with Gasteiger partial charge in [-0.15, -0.1) is 0 Å². The number of benzene rings is 2. The summed E-state index contributed by atoms with van der Waals surface area (Å²) >= 11 is 5.98. The number of carbonyl (C=O) groups excluding carboxylic acids is 1. The molecule has 1 atom stereocenters.